The number of rotatable bonds is 10. The molecule has 0 bridgehead atoms. The lowest BCUT2D eigenvalue weighted by molar-refractivity contribution is -0.385. The summed E-state index contributed by atoms with van der Waals surface area (Å²) >= 11 is 0. The fourth-order valence-corrected chi connectivity index (χ4v) is 3.53. The molecule has 10 nitrogen and oxygen atoms in total. The van der Waals surface area contributed by atoms with E-state index in [0.29, 0.717) is 19.0 Å². The largest absolute Gasteiger partial charge is 0.497 e. The van der Waals surface area contributed by atoms with E-state index in [1.807, 2.05) is 31.2 Å². The van der Waals surface area contributed by atoms with E-state index in [1.54, 1.807) is 7.11 Å². The minimum atomic E-state index is -3.86. The quantitative estimate of drug-likeness (QED) is 0.101. The number of nitro groups is 1. The second-order valence-corrected chi connectivity index (χ2v) is 7.89. The highest BCUT2D eigenvalue weighted by Gasteiger charge is 2.17. The van der Waals surface area contributed by atoms with Crippen LogP contribution in [0.1, 0.15) is 12.5 Å². The summed E-state index contributed by atoms with van der Waals surface area (Å²) in [5.41, 5.74) is 0.718. The molecule has 170 valence electrons. The Morgan fingerprint density at radius 2 is 1.84 bits per heavy atom. The number of methoxy groups -OCH3 is 1. The fraction of sp³-hybridized carbons (Fsp3) is 0.316. The van der Waals surface area contributed by atoms with Crippen molar-refractivity contribution in [2.45, 2.75) is 18.4 Å². The Hall–Kier alpha value is -2.45. The number of benzene rings is 2. The van der Waals surface area contributed by atoms with Crippen molar-refractivity contribution in [3.8, 4) is 5.75 Å². The molecule has 3 N–H and O–H groups in total. The van der Waals surface area contributed by atoms with Gasteiger partial charge in [0.15, 0.2) is 5.96 Å². The molecule has 0 unspecified atom stereocenters. The van der Waals surface area contributed by atoms with Crippen LogP contribution in [0, 0.1) is 10.1 Å². The number of hydrogen-bond acceptors (Lipinski definition) is 6. The van der Waals surface area contributed by atoms with Crippen LogP contribution in [-0.2, 0) is 16.6 Å². The molecular formula is C19H26IN5O5S. The summed E-state index contributed by atoms with van der Waals surface area (Å²) in [4.78, 5) is 14.5. The van der Waals surface area contributed by atoms with Crippen molar-refractivity contribution < 1.29 is 18.1 Å². The predicted octanol–water partition coefficient (Wildman–Crippen LogP) is 2.26. The number of nitrogens with zero attached hydrogens (tertiary/aromatic N) is 2. The van der Waals surface area contributed by atoms with Crippen molar-refractivity contribution in [3.63, 3.8) is 0 Å². The number of non-ortho nitro benzene ring substituents is 1. The Kier molecular flexibility index (Phi) is 11.2. The molecule has 0 saturated heterocycles. The van der Waals surface area contributed by atoms with Gasteiger partial charge in [0.2, 0.25) is 10.0 Å². The summed E-state index contributed by atoms with van der Waals surface area (Å²) < 4.78 is 32.2. The number of hydrogen-bond donors (Lipinski definition) is 3. The van der Waals surface area contributed by atoms with Crippen LogP contribution in [0.5, 0.6) is 5.75 Å². The predicted molar refractivity (Wildman–Crippen MR) is 130 cm³/mol. The molecule has 0 saturated carbocycles. The molecule has 2 aromatic carbocycles. The van der Waals surface area contributed by atoms with Crippen LogP contribution in [0.2, 0.25) is 0 Å². The molecule has 0 spiro atoms. The first kappa shape index (κ1) is 26.6. The van der Waals surface area contributed by atoms with E-state index in [0.717, 1.165) is 17.4 Å². The van der Waals surface area contributed by atoms with Gasteiger partial charge < -0.3 is 15.4 Å². The van der Waals surface area contributed by atoms with Crippen molar-refractivity contribution in [2.75, 3.05) is 26.7 Å². The maximum atomic E-state index is 12.3. The summed E-state index contributed by atoms with van der Waals surface area (Å²) in [6.07, 6.45) is 0. The molecule has 0 aliphatic heterocycles. The van der Waals surface area contributed by atoms with Crippen molar-refractivity contribution in [1.82, 2.24) is 15.4 Å². The average molecular weight is 563 g/mol. The van der Waals surface area contributed by atoms with Gasteiger partial charge in [-0.15, -0.1) is 24.0 Å². The van der Waals surface area contributed by atoms with E-state index in [4.69, 9.17) is 4.74 Å². The molecule has 2 aromatic rings. The summed E-state index contributed by atoms with van der Waals surface area (Å²) in [5.74, 6) is 1.31. The van der Waals surface area contributed by atoms with Gasteiger partial charge >= 0.3 is 0 Å². The molecule has 2 rings (SSSR count). The third-order valence-corrected chi connectivity index (χ3v) is 5.43. The van der Waals surface area contributed by atoms with Gasteiger partial charge in [0.25, 0.3) is 5.69 Å². The third kappa shape index (κ3) is 8.67. The van der Waals surface area contributed by atoms with Crippen LogP contribution in [0.4, 0.5) is 5.69 Å². The maximum Gasteiger partial charge on any atom is 0.270 e. The highest BCUT2D eigenvalue weighted by atomic mass is 127. The molecular weight excluding hydrogens is 537 g/mol. The Bertz CT molecular complexity index is 983. The molecule has 12 heteroatoms. The SMILES string of the molecule is CCNC(=NCc1ccc(OC)cc1)NCCNS(=O)(=O)c1cccc([N+](=O)[O-])c1.I. The second-order valence-electron chi connectivity index (χ2n) is 6.12. The van der Waals surface area contributed by atoms with Crippen LogP contribution >= 0.6 is 24.0 Å². The molecule has 31 heavy (non-hydrogen) atoms. The second kappa shape index (κ2) is 13.1. The molecule has 0 aliphatic carbocycles. The number of nitro benzene ring substituents is 1. The Morgan fingerprint density at radius 3 is 2.45 bits per heavy atom. The highest BCUT2D eigenvalue weighted by molar-refractivity contribution is 14.0. The van der Waals surface area contributed by atoms with Crippen LogP contribution in [0.25, 0.3) is 0 Å². The van der Waals surface area contributed by atoms with Gasteiger partial charge in [-0.2, -0.15) is 0 Å². The van der Waals surface area contributed by atoms with Crippen LogP contribution < -0.4 is 20.1 Å². The van der Waals surface area contributed by atoms with E-state index >= 15 is 0 Å². The van der Waals surface area contributed by atoms with Gasteiger partial charge in [0, 0.05) is 31.8 Å². The lowest BCUT2D eigenvalue weighted by atomic mass is 10.2. The number of guanidine groups is 1. The zero-order valence-electron chi connectivity index (χ0n) is 17.2. The third-order valence-electron chi connectivity index (χ3n) is 3.97. The van der Waals surface area contributed by atoms with E-state index < -0.39 is 14.9 Å². The standard InChI is InChI=1S/C19H25N5O5S.HI/c1-3-20-19(22-14-15-7-9-17(29-2)10-8-15)21-11-12-23-30(27,28)18-6-4-5-16(13-18)24(25)26;/h4-10,13,23H,3,11-12,14H2,1-2H3,(H2,20,21,22);1H. The molecule has 0 amide bonds. The van der Waals surface area contributed by atoms with Gasteiger partial charge in [-0.1, -0.05) is 18.2 Å². The van der Waals surface area contributed by atoms with Gasteiger partial charge in [-0.3, -0.25) is 10.1 Å². The smallest absolute Gasteiger partial charge is 0.270 e. The van der Waals surface area contributed by atoms with Gasteiger partial charge in [0.05, 0.1) is 23.5 Å². The highest BCUT2D eigenvalue weighted by Crippen LogP contribution is 2.17. The van der Waals surface area contributed by atoms with Gasteiger partial charge in [0.1, 0.15) is 5.75 Å². The topological polar surface area (TPSA) is 135 Å². The Labute approximate surface area is 198 Å². The number of halogens is 1. The normalized spacial score (nSPS) is 11.4. The molecule has 0 aliphatic rings. The van der Waals surface area contributed by atoms with Gasteiger partial charge in [-0.25, -0.2) is 18.1 Å². The number of ether oxygens (including phenoxy) is 1. The van der Waals surface area contributed by atoms with E-state index in [1.165, 1.54) is 18.2 Å². The Balaban J connectivity index is 0.00000480. The molecule has 0 heterocycles. The van der Waals surface area contributed by atoms with Crippen LogP contribution in [0.3, 0.4) is 0 Å². The van der Waals surface area contributed by atoms with Crippen molar-refractivity contribution >= 4 is 45.6 Å². The molecule has 0 aromatic heterocycles. The van der Waals surface area contributed by atoms with Gasteiger partial charge in [-0.05, 0) is 30.7 Å². The van der Waals surface area contributed by atoms with Crippen LogP contribution in [0.15, 0.2) is 58.4 Å². The molecule has 0 radical (unpaired) electrons. The monoisotopic (exact) mass is 563 g/mol. The van der Waals surface area contributed by atoms with E-state index in [-0.39, 0.29) is 47.6 Å². The maximum absolute atomic E-state index is 12.3. The zero-order valence-corrected chi connectivity index (χ0v) is 20.3. The molecule has 0 atom stereocenters. The van der Waals surface area contributed by atoms with E-state index in [2.05, 4.69) is 20.3 Å². The summed E-state index contributed by atoms with van der Waals surface area (Å²) in [6.45, 7) is 3.38. The van der Waals surface area contributed by atoms with Crippen molar-refractivity contribution in [3.05, 3.63) is 64.2 Å². The van der Waals surface area contributed by atoms with Crippen molar-refractivity contribution in [1.29, 1.82) is 0 Å². The molecule has 0 fully saturated rings. The lowest BCUT2D eigenvalue weighted by Gasteiger charge is -2.12. The minimum absolute atomic E-state index is 0. The van der Waals surface area contributed by atoms with E-state index in [9.17, 15) is 18.5 Å². The zero-order chi connectivity index (χ0) is 22.0. The van der Waals surface area contributed by atoms with Crippen LogP contribution in [-0.4, -0.2) is 46.0 Å². The lowest BCUT2D eigenvalue weighted by Crippen LogP contribution is -2.41. The Morgan fingerprint density at radius 1 is 1.13 bits per heavy atom. The number of sulfonamides is 1. The minimum Gasteiger partial charge on any atom is -0.497 e. The summed E-state index contributed by atoms with van der Waals surface area (Å²) in [5, 5.41) is 17.0. The first-order valence-corrected chi connectivity index (χ1v) is 10.7. The number of aliphatic imine (C=N–C) groups is 1. The first-order chi connectivity index (χ1) is 14.4. The summed E-state index contributed by atoms with van der Waals surface area (Å²) in [7, 11) is -2.25. The first-order valence-electron chi connectivity index (χ1n) is 9.25. The fourth-order valence-electron chi connectivity index (χ4n) is 2.46. The average Bonchev–Trinajstić information content (AvgIpc) is 2.75. The summed E-state index contributed by atoms with van der Waals surface area (Å²) in [6, 6.07) is 12.4. The number of nitrogens with one attached hydrogen (secondary N) is 3. The van der Waals surface area contributed by atoms with Crippen molar-refractivity contribution in [2.24, 2.45) is 4.99 Å².